The van der Waals surface area contributed by atoms with E-state index in [0.717, 1.165) is 16.8 Å². The molecule has 2 unspecified atom stereocenters. The minimum absolute atomic E-state index is 0.00359. The van der Waals surface area contributed by atoms with E-state index < -0.39 is 5.54 Å². The Morgan fingerprint density at radius 3 is 2.00 bits per heavy atom. The smallest absolute Gasteiger partial charge is 0.143 e. The van der Waals surface area contributed by atoms with Gasteiger partial charge in [0.2, 0.25) is 0 Å². The van der Waals surface area contributed by atoms with Gasteiger partial charge in [0.15, 0.2) is 0 Å². The lowest BCUT2D eigenvalue weighted by molar-refractivity contribution is 0.475. The summed E-state index contributed by atoms with van der Waals surface area (Å²) in [5.74, 6) is -0.00359. The van der Waals surface area contributed by atoms with E-state index in [1.54, 1.807) is 0 Å². The summed E-state index contributed by atoms with van der Waals surface area (Å²) in [5, 5.41) is 15.6. The van der Waals surface area contributed by atoms with Crippen molar-refractivity contribution in [3.05, 3.63) is 167 Å². The lowest BCUT2D eigenvalue weighted by atomic mass is 9.73. The minimum Gasteiger partial charge on any atom is -0.171 e. The highest BCUT2D eigenvalue weighted by Crippen LogP contribution is 2.58. The Morgan fingerprint density at radius 2 is 1.21 bits per heavy atom. The first-order chi connectivity index (χ1) is 18.8. The summed E-state index contributed by atoms with van der Waals surface area (Å²) in [5.41, 5.74) is 7.48. The normalized spacial score (nSPS) is 19.5. The second kappa shape index (κ2) is 8.09. The first-order valence-corrected chi connectivity index (χ1v) is 13.1. The molecule has 0 saturated heterocycles. The van der Waals surface area contributed by atoms with Crippen molar-refractivity contribution in [2.45, 2.75) is 11.5 Å². The van der Waals surface area contributed by atoms with E-state index in [9.17, 15) is 0 Å². The van der Waals surface area contributed by atoms with E-state index in [4.69, 9.17) is 10.2 Å². The van der Waals surface area contributed by atoms with Gasteiger partial charge in [-0.05, 0) is 55.4 Å². The van der Waals surface area contributed by atoms with Gasteiger partial charge in [-0.15, -0.1) is 0 Å². The summed E-state index contributed by atoms with van der Waals surface area (Å²) in [6.07, 6.45) is 2.18. The second-order valence-corrected chi connectivity index (χ2v) is 10.2. The molecule has 0 amide bonds. The van der Waals surface area contributed by atoms with Gasteiger partial charge in [0.1, 0.15) is 5.54 Å². The van der Waals surface area contributed by atoms with Crippen LogP contribution in [0.2, 0.25) is 0 Å². The molecule has 0 bridgehead atoms. The van der Waals surface area contributed by atoms with Crippen molar-refractivity contribution >= 4 is 33.3 Å². The van der Waals surface area contributed by atoms with Gasteiger partial charge in [-0.1, -0.05) is 133 Å². The predicted octanol–water partition coefficient (Wildman–Crippen LogP) is 9.35. The molecule has 6 aromatic rings. The molecular weight excluding hydrogens is 460 g/mol. The van der Waals surface area contributed by atoms with E-state index in [2.05, 4.69) is 140 Å². The lowest BCUT2D eigenvalue weighted by Crippen LogP contribution is -2.30. The van der Waals surface area contributed by atoms with E-state index in [1.807, 2.05) is 0 Å². The largest absolute Gasteiger partial charge is 0.171 e. The topological polar surface area (TPSA) is 24.7 Å². The van der Waals surface area contributed by atoms with Crippen LogP contribution in [-0.4, -0.2) is 0 Å². The van der Waals surface area contributed by atoms with E-state index in [-0.39, 0.29) is 5.92 Å². The molecule has 38 heavy (non-hydrogen) atoms. The van der Waals surface area contributed by atoms with Crippen LogP contribution in [0.4, 0.5) is 0 Å². The van der Waals surface area contributed by atoms with Crippen molar-refractivity contribution in [2.24, 2.45) is 10.2 Å². The Labute approximate surface area is 221 Å². The molecule has 2 aliphatic carbocycles. The molecule has 2 aliphatic rings. The van der Waals surface area contributed by atoms with Crippen LogP contribution in [0.15, 0.2) is 144 Å². The molecule has 2 heteroatoms. The zero-order valence-electron chi connectivity index (χ0n) is 20.8. The molecule has 0 radical (unpaired) electrons. The molecule has 178 valence electrons. The third-order valence-corrected chi connectivity index (χ3v) is 8.24. The summed E-state index contributed by atoms with van der Waals surface area (Å²) in [6, 6.07) is 47.7. The van der Waals surface area contributed by atoms with Crippen LogP contribution in [0.3, 0.4) is 0 Å². The van der Waals surface area contributed by atoms with E-state index in [0.29, 0.717) is 0 Å². The summed E-state index contributed by atoms with van der Waals surface area (Å²) >= 11 is 0. The molecule has 0 N–H and O–H groups in total. The molecule has 0 aromatic heterocycles. The van der Waals surface area contributed by atoms with Gasteiger partial charge in [-0.3, -0.25) is 0 Å². The molecule has 2 nitrogen and oxygen atoms in total. The Hall–Kier alpha value is -4.82. The number of nitrogens with zero attached hydrogens (tertiary/aromatic N) is 2. The van der Waals surface area contributed by atoms with Gasteiger partial charge in [0.05, 0.1) is 5.70 Å². The second-order valence-electron chi connectivity index (χ2n) is 10.2. The molecule has 0 heterocycles. The zero-order chi connectivity index (χ0) is 25.1. The molecular formula is C36H24N2. The fourth-order valence-electron chi connectivity index (χ4n) is 6.70. The van der Waals surface area contributed by atoms with Crippen molar-refractivity contribution in [2.75, 3.05) is 0 Å². The molecule has 0 saturated carbocycles. The molecule has 2 atom stereocenters. The Kier molecular flexibility index (Phi) is 4.53. The average molecular weight is 485 g/mol. The van der Waals surface area contributed by atoms with Gasteiger partial charge < -0.3 is 0 Å². The Bertz CT molecular complexity index is 1910. The summed E-state index contributed by atoms with van der Waals surface area (Å²) in [7, 11) is 0. The lowest BCUT2D eigenvalue weighted by Gasteiger charge is -2.33. The van der Waals surface area contributed by atoms with Gasteiger partial charge in [-0.2, -0.15) is 10.2 Å². The first-order valence-electron chi connectivity index (χ1n) is 13.1. The SMILES string of the molecule is C1=C(N=NC2(c3ccccc3)c3cccc4cccc(c34)C2c2ccccc2)c2cccc3cccc1c23. The number of rotatable bonds is 4. The molecule has 0 aliphatic heterocycles. The Morgan fingerprint density at radius 1 is 0.553 bits per heavy atom. The van der Waals surface area contributed by atoms with Gasteiger partial charge >= 0.3 is 0 Å². The van der Waals surface area contributed by atoms with Crippen molar-refractivity contribution in [1.29, 1.82) is 0 Å². The third-order valence-electron chi connectivity index (χ3n) is 8.24. The number of hydrogen-bond acceptors (Lipinski definition) is 2. The summed E-state index contributed by atoms with van der Waals surface area (Å²) < 4.78 is 0. The van der Waals surface area contributed by atoms with Crippen LogP contribution >= 0.6 is 0 Å². The van der Waals surface area contributed by atoms with Gasteiger partial charge in [0, 0.05) is 11.5 Å². The molecule has 6 aromatic carbocycles. The maximum Gasteiger partial charge on any atom is 0.143 e. The van der Waals surface area contributed by atoms with Crippen LogP contribution in [0.1, 0.15) is 39.3 Å². The van der Waals surface area contributed by atoms with Crippen molar-refractivity contribution in [1.82, 2.24) is 0 Å². The number of azo groups is 1. The van der Waals surface area contributed by atoms with Crippen LogP contribution < -0.4 is 0 Å². The van der Waals surface area contributed by atoms with Crippen molar-refractivity contribution in [3.8, 4) is 0 Å². The Balaban J connectivity index is 1.42. The van der Waals surface area contributed by atoms with Crippen LogP contribution in [0.25, 0.3) is 33.3 Å². The highest BCUT2D eigenvalue weighted by atomic mass is 15.2. The van der Waals surface area contributed by atoms with Crippen molar-refractivity contribution < 1.29 is 0 Å². The monoisotopic (exact) mass is 484 g/mol. The third kappa shape index (κ3) is 2.89. The highest BCUT2D eigenvalue weighted by Gasteiger charge is 2.50. The van der Waals surface area contributed by atoms with Crippen LogP contribution in [0.5, 0.6) is 0 Å². The maximum atomic E-state index is 5.43. The van der Waals surface area contributed by atoms with Crippen LogP contribution in [-0.2, 0) is 5.54 Å². The molecule has 0 spiro atoms. The fraction of sp³-hybridized carbons (Fsp3) is 0.0556. The van der Waals surface area contributed by atoms with Crippen LogP contribution in [0, 0.1) is 0 Å². The number of benzene rings is 6. The maximum absolute atomic E-state index is 5.43. The van der Waals surface area contributed by atoms with Gasteiger partial charge in [-0.25, -0.2) is 0 Å². The number of hydrogen-bond donors (Lipinski definition) is 0. The van der Waals surface area contributed by atoms with E-state index in [1.165, 1.54) is 43.8 Å². The summed E-state index contributed by atoms with van der Waals surface area (Å²) in [4.78, 5) is 0. The summed E-state index contributed by atoms with van der Waals surface area (Å²) in [6.45, 7) is 0. The van der Waals surface area contributed by atoms with E-state index >= 15 is 0 Å². The quantitative estimate of drug-likeness (QED) is 0.223. The van der Waals surface area contributed by atoms with Gasteiger partial charge in [0.25, 0.3) is 0 Å². The molecule has 8 rings (SSSR count). The first kappa shape index (κ1) is 21.3. The zero-order valence-corrected chi connectivity index (χ0v) is 20.8. The fourth-order valence-corrected chi connectivity index (χ4v) is 6.70. The molecule has 0 fully saturated rings. The minimum atomic E-state index is -0.699. The predicted molar refractivity (Wildman–Crippen MR) is 156 cm³/mol. The standard InChI is InChI=1S/C36H24N2/c1-3-11-26(12-4-1)35-30-21-9-15-25-16-10-22-31(34(25)30)36(35,28-18-5-2-6-19-28)38-37-32-23-27-17-7-13-24-14-8-20-29(32)33(24)27/h1-23,35H. The van der Waals surface area contributed by atoms with Crippen molar-refractivity contribution in [3.63, 3.8) is 0 Å². The highest BCUT2D eigenvalue weighted by molar-refractivity contribution is 6.08. The average Bonchev–Trinajstić information content (AvgIpc) is 3.49.